The van der Waals surface area contributed by atoms with Crippen LogP contribution in [0.25, 0.3) is 16.8 Å². The second-order valence-electron chi connectivity index (χ2n) is 8.15. The van der Waals surface area contributed by atoms with Gasteiger partial charge in [0.15, 0.2) is 6.54 Å². The van der Waals surface area contributed by atoms with Crippen molar-refractivity contribution in [2.45, 2.75) is 12.8 Å². The molecule has 30 heavy (non-hydrogen) atoms. The normalized spacial score (nSPS) is 17.8. The van der Waals surface area contributed by atoms with Gasteiger partial charge in [0, 0.05) is 19.2 Å². The number of carbonyl (C=O) groups is 2. The minimum Gasteiger partial charge on any atom is -0.497 e. The number of hydrogen-bond acceptors (Lipinski definition) is 3. The van der Waals surface area contributed by atoms with Crippen LogP contribution in [0, 0.1) is 0 Å². The van der Waals surface area contributed by atoms with Crippen molar-refractivity contribution in [1.29, 1.82) is 0 Å². The number of piperazine rings is 1. The van der Waals surface area contributed by atoms with E-state index < -0.39 is 0 Å². The van der Waals surface area contributed by atoms with Gasteiger partial charge in [-0.05, 0) is 53.5 Å². The third-order valence-corrected chi connectivity index (χ3v) is 6.13. The fourth-order valence-corrected chi connectivity index (χ4v) is 4.26. The maximum Gasteiger partial charge on any atom is 0.277 e. The molecule has 0 unspecified atom stereocenters. The summed E-state index contributed by atoms with van der Waals surface area (Å²) in [6, 6.07) is 12.1. The van der Waals surface area contributed by atoms with Crippen molar-refractivity contribution in [3.05, 3.63) is 48.0 Å². The number of ether oxygens (including phenoxy) is 1. The summed E-state index contributed by atoms with van der Waals surface area (Å²) in [4.78, 5) is 30.1. The van der Waals surface area contributed by atoms with Crippen LogP contribution in [0.4, 0.5) is 0 Å². The van der Waals surface area contributed by atoms with Gasteiger partial charge in [0.1, 0.15) is 5.75 Å². The maximum absolute atomic E-state index is 12.6. The summed E-state index contributed by atoms with van der Waals surface area (Å²) in [5.41, 5.74) is 1.00. The number of methoxy groups -OCH3 is 1. The van der Waals surface area contributed by atoms with E-state index in [9.17, 15) is 9.59 Å². The molecule has 2 saturated heterocycles. The smallest absolute Gasteiger partial charge is 0.277 e. The molecule has 0 aliphatic carbocycles. The number of rotatable bonds is 5. The highest BCUT2D eigenvalue weighted by atomic mass is 16.5. The van der Waals surface area contributed by atoms with Crippen LogP contribution in [0.2, 0.25) is 0 Å². The van der Waals surface area contributed by atoms with Crippen LogP contribution in [-0.4, -0.2) is 74.5 Å². The molecular weight excluding hydrogens is 378 g/mol. The zero-order valence-corrected chi connectivity index (χ0v) is 17.6. The van der Waals surface area contributed by atoms with Gasteiger partial charge in [0.25, 0.3) is 5.91 Å². The lowest BCUT2D eigenvalue weighted by Gasteiger charge is -2.32. The van der Waals surface area contributed by atoms with Crippen molar-refractivity contribution in [3.8, 4) is 5.75 Å². The van der Waals surface area contributed by atoms with Gasteiger partial charge in [-0.25, -0.2) is 0 Å². The topological polar surface area (TPSA) is 54.3 Å². The van der Waals surface area contributed by atoms with Crippen LogP contribution in [0.15, 0.2) is 42.5 Å². The lowest BCUT2D eigenvalue weighted by Crippen LogP contribution is -3.15. The highest BCUT2D eigenvalue weighted by Crippen LogP contribution is 2.22. The molecule has 0 aromatic heterocycles. The van der Waals surface area contributed by atoms with Gasteiger partial charge in [-0.15, -0.1) is 0 Å². The first kappa shape index (κ1) is 20.4. The van der Waals surface area contributed by atoms with E-state index in [1.807, 2.05) is 46.2 Å². The Kier molecular flexibility index (Phi) is 6.33. The average molecular weight is 409 g/mol. The number of carbonyl (C=O) groups excluding carboxylic acids is 2. The Labute approximate surface area is 177 Å². The van der Waals surface area contributed by atoms with Crippen LogP contribution >= 0.6 is 0 Å². The van der Waals surface area contributed by atoms with Crippen LogP contribution in [0.3, 0.4) is 0 Å². The first-order chi connectivity index (χ1) is 14.6. The molecule has 0 atom stereocenters. The van der Waals surface area contributed by atoms with Crippen LogP contribution < -0.4 is 9.64 Å². The Bertz CT molecular complexity index is 942. The number of nitrogens with one attached hydrogen (secondary N) is 1. The molecule has 0 saturated carbocycles. The number of fused-ring (bicyclic) bond motifs is 1. The first-order valence-electron chi connectivity index (χ1n) is 10.8. The third kappa shape index (κ3) is 4.82. The molecule has 1 N–H and O–H groups in total. The van der Waals surface area contributed by atoms with Gasteiger partial charge >= 0.3 is 0 Å². The maximum atomic E-state index is 12.6. The molecular formula is C24H30N3O3+. The van der Waals surface area contributed by atoms with Gasteiger partial charge in [0.2, 0.25) is 5.91 Å². The van der Waals surface area contributed by atoms with E-state index in [-0.39, 0.29) is 11.8 Å². The van der Waals surface area contributed by atoms with Crippen LogP contribution in [-0.2, 0) is 9.59 Å². The number of nitrogens with zero attached hydrogens (tertiary/aromatic N) is 2. The van der Waals surface area contributed by atoms with Crippen molar-refractivity contribution < 1.29 is 19.2 Å². The Balaban J connectivity index is 1.29. The van der Waals surface area contributed by atoms with Gasteiger partial charge < -0.3 is 19.4 Å². The van der Waals surface area contributed by atoms with E-state index in [0.29, 0.717) is 19.6 Å². The van der Waals surface area contributed by atoms with Crippen molar-refractivity contribution in [2.24, 2.45) is 0 Å². The fourth-order valence-electron chi connectivity index (χ4n) is 4.26. The van der Waals surface area contributed by atoms with Gasteiger partial charge in [-0.1, -0.05) is 18.2 Å². The summed E-state index contributed by atoms with van der Waals surface area (Å²) in [5, 5.41) is 2.23. The molecule has 4 rings (SSSR count). The third-order valence-electron chi connectivity index (χ3n) is 6.13. The summed E-state index contributed by atoms with van der Waals surface area (Å²) in [5.74, 6) is 1.13. The predicted octanol–water partition coefficient (Wildman–Crippen LogP) is 1.21. The molecule has 2 aromatic rings. The minimum atomic E-state index is 0.0368. The molecule has 0 bridgehead atoms. The van der Waals surface area contributed by atoms with Gasteiger partial charge in [0.05, 0.1) is 33.3 Å². The largest absolute Gasteiger partial charge is 0.497 e. The van der Waals surface area contributed by atoms with E-state index >= 15 is 0 Å². The van der Waals surface area contributed by atoms with E-state index in [2.05, 4.69) is 6.07 Å². The monoisotopic (exact) mass is 408 g/mol. The second kappa shape index (κ2) is 9.30. The standard InChI is InChI=1S/C24H29N3O3/c1-30-22-8-7-20-16-19(4-6-21(20)17-22)5-9-23(28)27-14-12-25(13-15-27)18-24(29)26-10-2-3-11-26/h4-9,16-17H,2-3,10-15,18H2,1H3/p+1/b9-5+. The number of likely N-dealkylation sites (tertiary alicyclic amines) is 1. The summed E-state index contributed by atoms with van der Waals surface area (Å²) in [7, 11) is 1.66. The second-order valence-corrected chi connectivity index (χ2v) is 8.15. The Morgan fingerprint density at radius 3 is 2.40 bits per heavy atom. The van der Waals surface area contributed by atoms with E-state index in [1.165, 1.54) is 4.90 Å². The predicted molar refractivity (Wildman–Crippen MR) is 117 cm³/mol. The highest BCUT2D eigenvalue weighted by Gasteiger charge is 2.27. The van der Waals surface area contributed by atoms with Crippen molar-refractivity contribution in [3.63, 3.8) is 0 Å². The fraction of sp³-hybridized carbons (Fsp3) is 0.417. The van der Waals surface area contributed by atoms with Crippen LogP contribution in [0.5, 0.6) is 5.75 Å². The lowest BCUT2D eigenvalue weighted by molar-refractivity contribution is -0.896. The zero-order chi connectivity index (χ0) is 20.9. The molecule has 2 aliphatic heterocycles. The molecule has 158 valence electrons. The quantitative estimate of drug-likeness (QED) is 0.757. The van der Waals surface area contributed by atoms with Crippen LogP contribution in [0.1, 0.15) is 18.4 Å². The van der Waals surface area contributed by atoms with Crippen molar-refractivity contribution in [2.75, 3.05) is 52.9 Å². The summed E-state index contributed by atoms with van der Waals surface area (Å²) < 4.78 is 5.27. The number of amides is 2. The van der Waals surface area contributed by atoms with Crippen molar-refractivity contribution in [1.82, 2.24) is 9.80 Å². The molecule has 2 aromatic carbocycles. The summed E-state index contributed by atoms with van der Waals surface area (Å²) in [6.07, 6.45) is 5.79. The van der Waals surface area contributed by atoms with E-state index in [4.69, 9.17) is 4.74 Å². The Morgan fingerprint density at radius 2 is 1.67 bits per heavy atom. The van der Waals surface area contributed by atoms with Crippen molar-refractivity contribution >= 4 is 28.7 Å². The molecule has 6 heteroatoms. The molecule has 2 fully saturated rings. The van der Waals surface area contributed by atoms with E-state index in [1.54, 1.807) is 13.2 Å². The lowest BCUT2D eigenvalue weighted by atomic mass is 10.1. The van der Waals surface area contributed by atoms with Gasteiger partial charge in [-0.2, -0.15) is 0 Å². The molecule has 0 radical (unpaired) electrons. The number of quaternary nitrogens is 1. The SMILES string of the molecule is COc1ccc2cc(/C=C/C(=O)N3CC[NH+](CC(=O)N4CCCC4)CC3)ccc2c1. The molecule has 2 aliphatic rings. The highest BCUT2D eigenvalue weighted by molar-refractivity contribution is 5.93. The van der Waals surface area contributed by atoms with Gasteiger partial charge in [-0.3, -0.25) is 9.59 Å². The zero-order valence-electron chi connectivity index (χ0n) is 17.6. The molecule has 2 heterocycles. The minimum absolute atomic E-state index is 0.0368. The molecule has 6 nitrogen and oxygen atoms in total. The average Bonchev–Trinajstić information content (AvgIpc) is 3.32. The van der Waals surface area contributed by atoms with E-state index in [0.717, 1.165) is 61.1 Å². The Morgan fingerprint density at radius 1 is 0.967 bits per heavy atom. The Hall–Kier alpha value is -2.86. The molecule has 2 amide bonds. The number of benzene rings is 2. The first-order valence-corrected chi connectivity index (χ1v) is 10.8. The summed E-state index contributed by atoms with van der Waals surface area (Å²) >= 11 is 0. The summed E-state index contributed by atoms with van der Waals surface area (Å²) in [6.45, 7) is 5.42. The molecule has 0 spiro atoms. The number of hydrogen-bond donors (Lipinski definition) is 1.